The van der Waals surface area contributed by atoms with E-state index in [1.165, 1.54) is 5.56 Å². The SMILES string of the molecule is COc1ccc(OCCNC(=O)C(=O)N2CCC(Cc3ccccc3)CC2)cc1. The van der Waals surface area contributed by atoms with Crippen LogP contribution in [0.1, 0.15) is 18.4 Å². The fourth-order valence-corrected chi connectivity index (χ4v) is 3.51. The van der Waals surface area contributed by atoms with Crippen LogP contribution in [0.5, 0.6) is 11.5 Å². The number of rotatable bonds is 7. The Kier molecular flexibility index (Phi) is 7.50. The van der Waals surface area contributed by atoms with Gasteiger partial charge in [0, 0.05) is 13.1 Å². The molecule has 0 saturated carbocycles. The van der Waals surface area contributed by atoms with Crippen molar-refractivity contribution < 1.29 is 19.1 Å². The second-order valence-electron chi connectivity index (χ2n) is 7.21. The summed E-state index contributed by atoms with van der Waals surface area (Å²) < 4.78 is 10.6. The maximum absolute atomic E-state index is 12.4. The smallest absolute Gasteiger partial charge is 0.311 e. The maximum Gasteiger partial charge on any atom is 0.311 e. The van der Waals surface area contributed by atoms with E-state index in [2.05, 4.69) is 29.6 Å². The minimum absolute atomic E-state index is 0.279. The second kappa shape index (κ2) is 10.5. The Hall–Kier alpha value is -3.02. The lowest BCUT2D eigenvalue weighted by molar-refractivity contribution is -0.146. The summed E-state index contributed by atoms with van der Waals surface area (Å²) in [6.07, 6.45) is 2.88. The van der Waals surface area contributed by atoms with Crippen molar-refractivity contribution in [1.82, 2.24) is 10.2 Å². The average molecular weight is 396 g/mol. The number of piperidine rings is 1. The zero-order valence-electron chi connectivity index (χ0n) is 16.8. The summed E-state index contributed by atoms with van der Waals surface area (Å²) in [5.74, 6) is 0.982. The summed E-state index contributed by atoms with van der Waals surface area (Å²) in [6, 6.07) is 17.6. The lowest BCUT2D eigenvalue weighted by Crippen LogP contribution is -2.47. The van der Waals surface area contributed by atoms with Crippen molar-refractivity contribution in [1.29, 1.82) is 0 Å². The molecule has 154 valence electrons. The minimum atomic E-state index is -0.565. The van der Waals surface area contributed by atoms with Gasteiger partial charge in [-0.05, 0) is 55.0 Å². The number of nitrogens with one attached hydrogen (secondary N) is 1. The van der Waals surface area contributed by atoms with E-state index in [4.69, 9.17) is 9.47 Å². The first-order chi connectivity index (χ1) is 14.2. The highest BCUT2D eigenvalue weighted by Gasteiger charge is 2.26. The van der Waals surface area contributed by atoms with Crippen LogP contribution < -0.4 is 14.8 Å². The van der Waals surface area contributed by atoms with Crippen molar-refractivity contribution >= 4 is 11.8 Å². The number of likely N-dealkylation sites (tertiary alicyclic amines) is 1. The third-order valence-electron chi connectivity index (χ3n) is 5.18. The number of amides is 2. The number of nitrogens with zero attached hydrogens (tertiary/aromatic N) is 1. The first-order valence-corrected chi connectivity index (χ1v) is 10.0. The second-order valence-corrected chi connectivity index (χ2v) is 7.21. The molecule has 6 heteroatoms. The number of benzene rings is 2. The summed E-state index contributed by atoms with van der Waals surface area (Å²) in [7, 11) is 1.61. The fourth-order valence-electron chi connectivity index (χ4n) is 3.51. The maximum atomic E-state index is 12.4. The predicted molar refractivity (Wildman–Crippen MR) is 111 cm³/mol. The summed E-state index contributed by atoms with van der Waals surface area (Å²) in [6.45, 7) is 1.84. The van der Waals surface area contributed by atoms with Crippen LogP contribution in [0.15, 0.2) is 54.6 Å². The first kappa shape index (κ1) is 20.7. The number of methoxy groups -OCH3 is 1. The Morgan fingerprint density at radius 1 is 1.00 bits per heavy atom. The van der Waals surface area contributed by atoms with Crippen LogP contribution in [0.3, 0.4) is 0 Å². The summed E-state index contributed by atoms with van der Waals surface area (Å²) in [4.78, 5) is 26.1. The molecule has 0 unspecified atom stereocenters. The molecule has 1 saturated heterocycles. The summed E-state index contributed by atoms with van der Waals surface area (Å²) in [5.41, 5.74) is 1.33. The normalized spacial score (nSPS) is 14.3. The highest BCUT2D eigenvalue weighted by atomic mass is 16.5. The van der Waals surface area contributed by atoms with Gasteiger partial charge >= 0.3 is 11.8 Å². The van der Waals surface area contributed by atoms with Gasteiger partial charge in [-0.2, -0.15) is 0 Å². The van der Waals surface area contributed by atoms with Crippen molar-refractivity contribution in [3.63, 3.8) is 0 Å². The van der Waals surface area contributed by atoms with E-state index in [1.54, 1.807) is 36.3 Å². The molecular formula is C23H28N2O4. The minimum Gasteiger partial charge on any atom is -0.497 e. The van der Waals surface area contributed by atoms with E-state index in [1.807, 2.05) is 6.07 Å². The van der Waals surface area contributed by atoms with Crippen LogP contribution in [0.4, 0.5) is 0 Å². The molecule has 0 bridgehead atoms. The van der Waals surface area contributed by atoms with E-state index in [-0.39, 0.29) is 6.54 Å². The highest BCUT2D eigenvalue weighted by molar-refractivity contribution is 6.35. The van der Waals surface area contributed by atoms with Crippen LogP contribution in [0.25, 0.3) is 0 Å². The highest BCUT2D eigenvalue weighted by Crippen LogP contribution is 2.21. The summed E-state index contributed by atoms with van der Waals surface area (Å²) >= 11 is 0. The van der Waals surface area contributed by atoms with Gasteiger partial charge in [-0.25, -0.2) is 0 Å². The molecule has 1 aliphatic heterocycles. The zero-order chi connectivity index (χ0) is 20.5. The molecule has 3 rings (SSSR count). The number of carbonyl (C=O) groups excluding carboxylic acids is 2. The van der Waals surface area contributed by atoms with Crippen LogP contribution in [-0.2, 0) is 16.0 Å². The molecule has 6 nitrogen and oxygen atoms in total. The molecular weight excluding hydrogens is 368 g/mol. The van der Waals surface area contributed by atoms with E-state index < -0.39 is 11.8 Å². The van der Waals surface area contributed by atoms with E-state index in [0.717, 1.165) is 25.0 Å². The molecule has 0 radical (unpaired) electrons. The van der Waals surface area contributed by atoms with Gasteiger partial charge in [-0.15, -0.1) is 0 Å². The lowest BCUT2D eigenvalue weighted by atomic mass is 9.90. The zero-order valence-corrected chi connectivity index (χ0v) is 16.8. The molecule has 1 N–H and O–H groups in total. The predicted octanol–water partition coefficient (Wildman–Crippen LogP) is 2.67. The summed E-state index contributed by atoms with van der Waals surface area (Å²) in [5, 5.41) is 2.64. The number of hydrogen-bond acceptors (Lipinski definition) is 4. The van der Waals surface area contributed by atoms with E-state index in [0.29, 0.717) is 31.4 Å². The third kappa shape index (κ3) is 6.24. The number of ether oxygens (including phenoxy) is 2. The van der Waals surface area contributed by atoms with Crippen LogP contribution in [0, 0.1) is 5.92 Å². The van der Waals surface area contributed by atoms with Gasteiger partial charge in [-0.1, -0.05) is 30.3 Å². The monoisotopic (exact) mass is 396 g/mol. The van der Waals surface area contributed by atoms with E-state index in [9.17, 15) is 9.59 Å². The Balaban J connectivity index is 1.34. The molecule has 1 heterocycles. The van der Waals surface area contributed by atoms with E-state index >= 15 is 0 Å². The largest absolute Gasteiger partial charge is 0.497 e. The van der Waals surface area contributed by atoms with Crippen LogP contribution in [0.2, 0.25) is 0 Å². The topological polar surface area (TPSA) is 67.9 Å². The lowest BCUT2D eigenvalue weighted by Gasteiger charge is -2.31. The standard InChI is InChI=1S/C23H28N2O4/c1-28-20-7-9-21(10-8-20)29-16-13-24-22(26)23(27)25-14-11-19(12-15-25)17-18-5-3-2-4-6-18/h2-10,19H,11-17H2,1H3,(H,24,26). The van der Waals surface area contributed by atoms with Crippen molar-refractivity contribution in [2.75, 3.05) is 33.4 Å². The van der Waals surface area contributed by atoms with Crippen molar-refractivity contribution in [3.05, 3.63) is 60.2 Å². The quantitative estimate of drug-likeness (QED) is 0.577. The first-order valence-electron chi connectivity index (χ1n) is 10.0. The Bertz CT molecular complexity index is 784. The molecule has 2 aromatic carbocycles. The van der Waals surface area contributed by atoms with Gasteiger partial charge < -0.3 is 19.7 Å². The van der Waals surface area contributed by atoms with Crippen molar-refractivity contribution in [2.24, 2.45) is 5.92 Å². The number of hydrogen-bond donors (Lipinski definition) is 1. The molecule has 2 amide bonds. The van der Waals surface area contributed by atoms with Gasteiger partial charge in [0.2, 0.25) is 0 Å². The Morgan fingerprint density at radius 3 is 2.31 bits per heavy atom. The molecule has 0 aromatic heterocycles. The molecule has 0 spiro atoms. The molecule has 0 aliphatic carbocycles. The van der Waals surface area contributed by atoms with Gasteiger partial charge in [0.05, 0.1) is 13.7 Å². The molecule has 2 aromatic rings. The van der Waals surface area contributed by atoms with Crippen LogP contribution in [-0.4, -0.2) is 50.1 Å². The third-order valence-corrected chi connectivity index (χ3v) is 5.18. The molecule has 29 heavy (non-hydrogen) atoms. The number of carbonyl (C=O) groups is 2. The van der Waals surface area contributed by atoms with Crippen molar-refractivity contribution in [3.8, 4) is 11.5 Å². The van der Waals surface area contributed by atoms with Crippen molar-refractivity contribution in [2.45, 2.75) is 19.3 Å². The van der Waals surface area contributed by atoms with Gasteiger partial charge in [0.25, 0.3) is 0 Å². The fraction of sp³-hybridized carbons (Fsp3) is 0.391. The molecule has 0 atom stereocenters. The van der Waals surface area contributed by atoms with Crippen LogP contribution >= 0.6 is 0 Å². The van der Waals surface area contributed by atoms with Gasteiger partial charge in [-0.3, -0.25) is 9.59 Å². The van der Waals surface area contributed by atoms with Gasteiger partial charge in [0.1, 0.15) is 18.1 Å². The average Bonchev–Trinajstić information content (AvgIpc) is 2.77. The molecule has 1 fully saturated rings. The Morgan fingerprint density at radius 2 is 1.66 bits per heavy atom. The Labute approximate surface area is 171 Å². The van der Waals surface area contributed by atoms with Gasteiger partial charge in [0.15, 0.2) is 0 Å². The molecule has 1 aliphatic rings.